The van der Waals surface area contributed by atoms with Crippen molar-refractivity contribution in [2.24, 2.45) is 11.8 Å². The predicted molar refractivity (Wildman–Crippen MR) is 74.9 cm³/mol. The number of nitrogens with zero attached hydrogens (tertiary/aromatic N) is 1. The molecule has 0 bridgehead atoms. The van der Waals surface area contributed by atoms with Gasteiger partial charge in [-0.2, -0.15) is 0 Å². The molecule has 0 radical (unpaired) electrons. The maximum atomic E-state index is 12.1. The van der Waals surface area contributed by atoms with E-state index >= 15 is 0 Å². The number of H-pyrrole nitrogens is 1. The molecular formula is C16H24N2O. The van der Waals surface area contributed by atoms with Crippen LogP contribution in [0.3, 0.4) is 0 Å². The zero-order valence-electron chi connectivity index (χ0n) is 11.6. The zero-order valence-corrected chi connectivity index (χ0v) is 11.6. The Bertz CT molecular complexity index is 406. The SMILES string of the molecule is O=C(CCCC1CCCCC1)[C@H]1C[C@@H]1c1cnc[nH]1. The van der Waals surface area contributed by atoms with Crippen molar-refractivity contribution in [3.05, 3.63) is 18.2 Å². The molecular weight excluding hydrogens is 236 g/mol. The molecule has 1 aromatic heterocycles. The molecule has 2 aliphatic rings. The fourth-order valence-corrected chi connectivity index (χ4v) is 3.59. The van der Waals surface area contributed by atoms with Crippen molar-refractivity contribution in [1.29, 1.82) is 0 Å². The second-order valence-electron chi connectivity index (χ2n) is 6.32. The first-order valence-electron chi connectivity index (χ1n) is 7.85. The lowest BCUT2D eigenvalue weighted by Gasteiger charge is -2.21. The normalized spacial score (nSPS) is 27.4. The summed E-state index contributed by atoms with van der Waals surface area (Å²) in [4.78, 5) is 19.3. The Hall–Kier alpha value is -1.12. The Balaban J connectivity index is 1.36. The predicted octanol–water partition coefficient (Wildman–Crippen LogP) is 3.83. The maximum Gasteiger partial charge on any atom is 0.136 e. The third kappa shape index (κ3) is 3.26. The number of nitrogens with one attached hydrogen (secondary N) is 1. The fraction of sp³-hybridized carbons (Fsp3) is 0.750. The fourth-order valence-electron chi connectivity index (χ4n) is 3.59. The highest BCUT2D eigenvalue weighted by Crippen LogP contribution is 2.47. The molecule has 0 spiro atoms. The third-order valence-electron chi connectivity index (χ3n) is 4.88. The number of aromatic nitrogens is 2. The van der Waals surface area contributed by atoms with Crippen LogP contribution in [-0.2, 0) is 4.79 Å². The largest absolute Gasteiger partial charge is 0.348 e. The van der Waals surface area contributed by atoms with E-state index in [1.807, 2.05) is 6.20 Å². The van der Waals surface area contributed by atoms with Crippen molar-refractivity contribution in [3.8, 4) is 0 Å². The molecule has 104 valence electrons. The summed E-state index contributed by atoms with van der Waals surface area (Å²) in [6, 6.07) is 0. The highest BCUT2D eigenvalue weighted by molar-refractivity contribution is 5.84. The van der Waals surface area contributed by atoms with Gasteiger partial charge in [0.1, 0.15) is 5.78 Å². The van der Waals surface area contributed by atoms with Crippen LogP contribution in [0.15, 0.2) is 12.5 Å². The number of rotatable bonds is 6. The molecule has 1 aromatic rings. The van der Waals surface area contributed by atoms with Gasteiger partial charge in [0.15, 0.2) is 0 Å². The number of carbonyl (C=O) groups excluding carboxylic acids is 1. The standard InChI is InChI=1S/C16H24N2O/c19-16(8-4-7-12-5-2-1-3-6-12)14-9-13(14)15-10-17-11-18-15/h10-14H,1-9H2,(H,17,18)/t13-,14-/m0/s1. The number of hydrogen-bond acceptors (Lipinski definition) is 2. The summed E-state index contributed by atoms with van der Waals surface area (Å²) >= 11 is 0. The van der Waals surface area contributed by atoms with E-state index in [-0.39, 0.29) is 5.92 Å². The zero-order chi connectivity index (χ0) is 13.1. The maximum absolute atomic E-state index is 12.1. The summed E-state index contributed by atoms with van der Waals surface area (Å²) in [5.74, 6) is 2.11. The monoisotopic (exact) mass is 260 g/mol. The number of hydrogen-bond donors (Lipinski definition) is 1. The molecule has 2 aliphatic carbocycles. The average molecular weight is 260 g/mol. The summed E-state index contributed by atoms with van der Waals surface area (Å²) in [6.07, 6.45) is 14.8. The molecule has 1 N–H and O–H groups in total. The van der Waals surface area contributed by atoms with Gasteiger partial charge in [-0.3, -0.25) is 4.79 Å². The van der Waals surface area contributed by atoms with E-state index in [1.165, 1.54) is 38.5 Å². The Labute approximate surface area is 115 Å². The van der Waals surface area contributed by atoms with E-state index in [1.54, 1.807) is 6.33 Å². The van der Waals surface area contributed by atoms with E-state index in [0.717, 1.165) is 30.9 Å². The third-order valence-corrected chi connectivity index (χ3v) is 4.88. The lowest BCUT2D eigenvalue weighted by molar-refractivity contribution is -0.120. The molecule has 3 nitrogen and oxygen atoms in total. The van der Waals surface area contributed by atoms with Crippen LogP contribution in [0.1, 0.15) is 69.4 Å². The van der Waals surface area contributed by atoms with Gasteiger partial charge in [0, 0.05) is 30.1 Å². The van der Waals surface area contributed by atoms with Gasteiger partial charge < -0.3 is 4.98 Å². The Morgan fingerprint density at radius 3 is 2.89 bits per heavy atom. The molecule has 3 rings (SSSR count). The first kappa shape index (κ1) is 12.9. The van der Waals surface area contributed by atoms with E-state index < -0.39 is 0 Å². The smallest absolute Gasteiger partial charge is 0.136 e. The molecule has 2 fully saturated rings. The van der Waals surface area contributed by atoms with Crippen LogP contribution in [0, 0.1) is 11.8 Å². The van der Waals surface area contributed by atoms with Crippen LogP contribution in [-0.4, -0.2) is 15.8 Å². The summed E-state index contributed by atoms with van der Waals surface area (Å²) in [6.45, 7) is 0. The van der Waals surface area contributed by atoms with Gasteiger partial charge in [0.05, 0.1) is 6.33 Å². The number of aromatic amines is 1. The summed E-state index contributed by atoms with van der Waals surface area (Å²) in [7, 11) is 0. The van der Waals surface area contributed by atoms with Gasteiger partial charge in [-0.25, -0.2) is 4.98 Å². The molecule has 0 saturated heterocycles. The van der Waals surface area contributed by atoms with Crippen LogP contribution in [0.5, 0.6) is 0 Å². The number of carbonyl (C=O) groups is 1. The molecule has 2 saturated carbocycles. The summed E-state index contributed by atoms with van der Waals surface area (Å²) < 4.78 is 0. The number of Topliss-reactive ketones (excluding diaryl/α,β-unsaturated/α-hetero) is 1. The Morgan fingerprint density at radius 1 is 1.32 bits per heavy atom. The van der Waals surface area contributed by atoms with Crippen LogP contribution in [0.4, 0.5) is 0 Å². The van der Waals surface area contributed by atoms with Crippen molar-refractivity contribution in [1.82, 2.24) is 9.97 Å². The van der Waals surface area contributed by atoms with E-state index in [9.17, 15) is 4.79 Å². The molecule has 0 aromatic carbocycles. The minimum Gasteiger partial charge on any atom is -0.348 e. The molecule has 0 amide bonds. The second kappa shape index (κ2) is 5.89. The van der Waals surface area contributed by atoms with E-state index in [2.05, 4.69) is 9.97 Å². The van der Waals surface area contributed by atoms with E-state index in [0.29, 0.717) is 11.7 Å². The first-order chi connectivity index (χ1) is 9.34. The first-order valence-corrected chi connectivity index (χ1v) is 7.85. The minimum absolute atomic E-state index is 0.284. The van der Waals surface area contributed by atoms with Crippen molar-refractivity contribution in [2.45, 2.75) is 63.7 Å². The topological polar surface area (TPSA) is 45.8 Å². The van der Waals surface area contributed by atoms with Crippen LogP contribution in [0.2, 0.25) is 0 Å². The van der Waals surface area contributed by atoms with Gasteiger partial charge in [-0.05, 0) is 18.8 Å². The van der Waals surface area contributed by atoms with Gasteiger partial charge in [0.2, 0.25) is 0 Å². The Morgan fingerprint density at radius 2 is 2.16 bits per heavy atom. The van der Waals surface area contributed by atoms with E-state index in [4.69, 9.17) is 0 Å². The summed E-state index contributed by atoms with van der Waals surface area (Å²) in [5, 5.41) is 0. The molecule has 1 heterocycles. The molecule has 0 unspecified atom stereocenters. The number of ketones is 1. The van der Waals surface area contributed by atoms with Gasteiger partial charge in [0.25, 0.3) is 0 Å². The van der Waals surface area contributed by atoms with Crippen LogP contribution in [0.25, 0.3) is 0 Å². The lowest BCUT2D eigenvalue weighted by atomic mass is 9.85. The lowest BCUT2D eigenvalue weighted by Crippen LogP contribution is -2.08. The minimum atomic E-state index is 0.284. The number of imidazole rings is 1. The highest BCUT2D eigenvalue weighted by Gasteiger charge is 2.43. The van der Waals surface area contributed by atoms with Gasteiger partial charge in [-0.15, -0.1) is 0 Å². The molecule has 19 heavy (non-hydrogen) atoms. The summed E-state index contributed by atoms with van der Waals surface area (Å²) in [5.41, 5.74) is 1.14. The van der Waals surface area contributed by atoms with Crippen molar-refractivity contribution < 1.29 is 4.79 Å². The second-order valence-corrected chi connectivity index (χ2v) is 6.32. The van der Waals surface area contributed by atoms with Crippen LogP contribution >= 0.6 is 0 Å². The molecule has 3 heteroatoms. The van der Waals surface area contributed by atoms with Crippen molar-refractivity contribution in [2.75, 3.05) is 0 Å². The highest BCUT2D eigenvalue weighted by atomic mass is 16.1. The molecule has 0 aliphatic heterocycles. The van der Waals surface area contributed by atoms with Crippen molar-refractivity contribution >= 4 is 5.78 Å². The molecule has 2 atom stereocenters. The van der Waals surface area contributed by atoms with Gasteiger partial charge >= 0.3 is 0 Å². The average Bonchev–Trinajstić information content (AvgIpc) is 3.06. The van der Waals surface area contributed by atoms with Gasteiger partial charge in [-0.1, -0.05) is 38.5 Å². The van der Waals surface area contributed by atoms with Crippen molar-refractivity contribution in [3.63, 3.8) is 0 Å². The van der Waals surface area contributed by atoms with Crippen LogP contribution < -0.4 is 0 Å². The quantitative estimate of drug-likeness (QED) is 0.844. The Kier molecular flexibility index (Phi) is 4.00.